The Bertz CT molecular complexity index is 872. The Morgan fingerprint density at radius 3 is 2.70 bits per heavy atom. The number of hydrogen-bond donors (Lipinski definition) is 2. The number of carbonyl (C=O) groups is 1. The monoisotopic (exact) mass is 368 g/mol. The van der Waals surface area contributed by atoms with E-state index in [0.29, 0.717) is 24.5 Å². The van der Waals surface area contributed by atoms with Crippen molar-refractivity contribution in [2.24, 2.45) is 7.05 Å². The molecule has 0 saturated heterocycles. The minimum absolute atomic E-state index is 0.0798. The number of anilines is 1. The molecule has 0 fully saturated rings. The van der Waals surface area contributed by atoms with Gasteiger partial charge in [-0.3, -0.25) is 4.68 Å². The standard InChI is InChI=1S/C20H24N4O3/c1-14-18(19(26-3)23-24(14)2)22-20(25)21-12-11-16(17-10-7-13-27-17)15-8-5-4-6-9-15/h4-10,13,16H,11-12H2,1-3H3,(H2,21,22,25)/t16-/m1/s1. The molecule has 2 amide bonds. The molecule has 0 aliphatic heterocycles. The lowest BCUT2D eigenvalue weighted by atomic mass is 9.93. The van der Waals surface area contributed by atoms with Gasteiger partial charge in [0.15, 0.2) is 0 Å². The third-order valence-electron chi connectivity index (χ3n) is 4.54. The fourth-order valence-electron chi connectivity index (χ4n) is 3.00. The van der Waals surface area contributed by atoms with Crippen molar-refractivity contribution in [3.63, 3.8) is 0 Å². The Morgan fingerprint density at radius 1 is 1.26 bits per heavy atom. The highest BCUT2D eigenvalue weighted by Gasteiger charge is 2.18. The second kappa shape index (κ2) is 8.44. The van der Waals surface area contributed by atoms with Crippen LogP contribution in [-0.2, 0) is 7.05 Å². The first-order valence-electron chi connectivity index (χ1n) is 8.81. The quantitative estimate of drug-likeness (QED) is 0.667. The highest BCUT2D eigenvalue weighted by atomic mass is 16.5. The molecule has 0 aliphatic carbocycles. The topological polar surface area (TPSA) is 81.3 Å². The second-order valence-corrected chi connectivity index (χ2v) is 6.24. The molecule has 0 radical (unpaired) electrons. The molecule has 0 saturated carbocycles. The van der Waals surface area contributed by atoms with Crippen molar-refractivity contribution in [1.82, 2.24) is 15.1 Å². The van der Waals surface area contributed by atoms with E-state index in [1.807, 2.05) is 37.3 Å². The summed E-state index contributed by atoms with van der Waals surface area (Å²) in [6.07, 6.45) is 2.39. The minimum atomic E-state index is -0.296. The number of hydrogen-bond acceptors (Lipinski definition) is 4. The Hall–Kier alpha value is -3.22. The Morgan fingerprint density at radius 2 is 2.04 bits per heavy atom. The third kappa shape index (κ3) is 4.31. The molecule has 1 atom stereocenters. The van der Waals surface area contributed by atoms with E-state index in [0.717, 1.165) is 17.0 Å². The fraction of sp³-hybridized carbons (Fsp3) is 0.300. The van der Waals surface area contributed by atoms with E-state index in [4.69, 9.17) is 9.15 Å². The summed E-state index contributed by atoms with van der Waals surface area (Å²) in [6, 6.07) is 13.7. The van der Waals surface area contributed by atoms with Crippen molar-refractivity contribution in [3.8, 4) is 5.88 Å². The summed E-state index contributed by atoms with van der Waals surface area (Å²) in [5, 5.41) is 9.92. The van der Waals surface area contributed by atoms with Crippen LogP contribution in [0.15, 0.2) is 53.1 Å². The molecule has 2 heterocycles. The predicted molar refractivity (Wildman–Crippen MR) is 103 cm³/mol. The molecule has 0 unspecified atom stereocenters. The fourth-order valence-corrected chi connectivity index (χ4v) is 3.00. The number of nitrogens with zero attached hydrogens (tertiary/aromatic N) is 2. The van der Waals surface area contributed by atoms with Crippen LogP contribution < -0.4 is 15.4 Å². The largest absolute Gasteiger partial charge is 0.478 e. The number of urea groups is 1. The maximum Gasteiger partial charge on any atom is 0.319 e. The van der Waals surface area contributed by atoms with Gasteiger partial charge in [-0.15, -0.1) is 5.10 Å². The van der Waals surface area contributed by atoms with Gasteiger partial charge in [0.2, 0.25) is 0 Å². The smallest absolute Gasteiger partial charge is 0.319 e. The van der Waals surface area contributed by atoms with Gasteiger partial charge in [-0.1, -0.05) is 30.3 Å². The molecule has 7 heteroatoms. The number of aryl methyl sites for hydroxylation is 1. The molecule has 0 bridgehead atoms. The number of methoxy groups -OCH3 is 1. The van der Waals surface area contributed by atoms with E-state index < -0.39 is 0 Å². The van der Waals surface area contributed by atoms with Crippen molar-refractivity contribution in [3.05, 3.63) is 65.7 Å². The number of amides is 2. The lowest BCUT2D eigenvalue weighted by Crippen LogP contribution is -2.30. The summed E-state index contributed by atoms with van der Waals surface area (Å²) >= 11 is 0. The van der Waals surface area contributed by atoms with E-state index >= 15 is 0 Å². The van der Waals surface area contributed by atoms with E-state index in [-0.39, 0.29) is 11.9 Å². The number of ether oxygens (including phenoxy) is 1. The average molecular weight is 368 g/mol. The van der Waals surface area contributed by atoms with E-state index in [1.54, 1.807) is 18.0 Å². The lowest BCUT2D eigenvalue weighted by Gasteiger charge is -2.16. The number of aromatic nitrogens is 2. The summed E-state index contributed by atoms with van der Waals surface area (Å²) in [5.74, 6) is 1.35. The van der Waals surface area contributed by atoms with Crippen LogP contribution in [0.3, 0.4) is 0 Å². The number of rotatable bonds is 7. The molecular formula is C20H24N4O3. The van der Waals surface area contributed by atoms with Crippen molar-refractivity contribution in [2.45, 2.75) is 19.3 Å². The van der Waals surface area contributed by atoms with Gasteiger partial charge in [0.05, 0.1) is 19.1 Å². The van der Waals surface area contributed by atoms with Crippen molar-refractivity contribution >= 4 is 11.7 Å². The van der Waals surface area contributed by atoms with Crippen molar-refractivity contribution in [2.75, 3.05) is 19.0 Å². The summed E-state index contributed by atoms with van der Waals surface area (Å²) < 4.78 is 12.5. The molecule has 3 rings (SSSR count). The van der Waals surface area contributed by atoms with Gasteiger partial charge < -0.3 is 19.8 Å². The molecule has 2 aromatic heterocycles. The van der Waals surface area contributed by atoms with Gasteiger partial charge in [0.25, 0.3) is 5.88 Å². The molecule has 0 aliphatic rings. The van der Waals surface area contributed by atoms with Crippen molar-refractivity contribution < 1.29 is 13.9 Å². The molecule has 1 aromatic carbocycles. The van der Waals surface area contributed by atoms with Crippen molar-refractivity contribution in [1.29, 1.82) is 0 Å². The molecule has 3 aromatic rings. The highest BCUT2D eigenvalue weighted by molar-refractivity contribution is 5.91. The zero-order valence-electron chi connectivity index (χ0n) is 15.7. The highest BCUT2D eigenvalue weighted by Crippen LogP contribution is 2.28. The van der Waals surface area contributed by atoms with Gasteiger partial charge in [-0.2, -0.15) is 0 Å². The van der Waals surface area contributed by atoms with E-state index in [1.165, 1.54) is 7.11 Å². The van der Waals surface area contributed by atoms with Gasteiger partial charge in [-0.05, 0) is 31.0 Å². The second-order valence-electron chi connectivity index (χ2n) is 6.24. The van der Waals surface area contributed by atoms with Crippen LogP contribution in [0, 0.1) is 6.92 Å². The van der Waals surface area contributed by atoms with Gasteiger partial charge in [0, 0.05) is 19.5 Å². The lowest BCUT2D eigenvalue weighted by molar-refractivity contribution is 0.251. The number of benzene rings is 1. The summed E-state index contributed by atoms with van der Waals surface area (Å²) in [6.45, 7) is 2.36. The SMILES string of the molecule is COc1nn(C)c(C)c1NC(=O)NCC[C@H](c1ccccc1)c1ccco1. The zero-order valence-corrected chi connectivity index (χ0v) is 15.7. The average Bonchev–Trinajstić information content (AvgIpc) is 3.30. The molecule has 0 spiro atoms. The van der Waals surface area contributed by atoms with E-state index in [9.17, 15) is 4.79 Å². The third-order valence-corrected chi connectivity index (χ3v) is 4.54. The Kier molecular flexibility index (Phi) is 5.80. The predicted octanol–water partition coefficient (Wildman–Crippen LogP) is 3.67. The number of nitrogens with one attached hydrogen (secondary N) is 2. The van der Waals surface area contributed by atoms with Gasteiger partial charge >= 0.3 is 6.03 Å². The molecule has 142 valence electrons. The van der Waals surface area contributed by atoms with Crippen LogP contribution in [0.2, 0.25) is 0 Å². The van der Waals surface area contributed by atoms with Crippen LogP contribution in [0.4, 0.5) is 10.5 Å². The number of furan rings is 1. The van der Waals surface area contributed by atoms with Gasteiger partial charge in [-0.25, -0.2) is 4.79 Å². The molecule has 2 N–H and O–H groups in total. The Balaban J connectivity index is 1.61. The zero-order chi connectivity index (χ0) is 19.2. The minimum Gasteiger partial charge on any atom is -0.478 e. The van der Waals surface area contributed by atoms with Crippen LogP contribution in [0.5, 0.6) is 5.88 Å². The summed E-state index contributed by atoms with van der Waals surface area (Å²) in [5.41, 5.74) is 2.54. The first kappa shape index (κ1) is 18.6. The number of carbonyl (C=O) groups excluding carboxylic acids is 1. The summed E-state index contributed by atoms with van der Waals surface area (Å²) in [4.78, 5) is 12.3. The van der Waals surface area contributed by atoms with Crippen LogP contribution in [0.1, 0.15) is 29.4 Å². The van der Waals surface area contributed by atoms with Crippen LogP contribution >= 0.6 is 0 Å². The molecule has 27 heavy (non-hydrogen) atoms. The molecule has 7 nitrogen and oxygen atoms in total. The van der Waals surface area contributed by atoms with Crippen LogP contribution in [-0.4, -0.2) is 29.5 Å². The van der Waals surface area contributed by atoms with Crippen LogP contribution in [0.25, 0.3) is 0 Å². The van der Waals surface area contributed by atoms with E-state index in [2.05, 4.69) is 27.9 Å². The Labute approximate surface area is 158 Å². The molecular weight excluding hydrogens is 344 g/mol. The normalized spacial score (nSPS) is 11.8. The first-order valence-corrected chi connectivity index (χ1v) is 8.81. The first-order chi connectivity index (χ1) is 13.1. The van der Waals surface area contributed by atoms with Gasteiger partial charge in [0.1, 0.15) is 11.4 Å². The summed E-state index contributed by atoms with van der Waals surface area (Å²) in [7, 11) is 3.33. The maximum absolute atomic E-state index is 12.3. The maximum atomic E-state index is 12.3.